The summed E-state index contributed by atoms with van der Waals surface area (Å²) in [5.74, 6) is -2.32. The Hall–Kier alpha value is -3.26. The van der Waals surface area contributed by atoms with Crippen LogP contribution in [0.3, 0.4) is 0 Å². The van der Waals surface area contributed by atoms with E-state index in [2.05, 4.69) is 0 Å². The molecule has 0 fully saturated rings. The van der Waals surface area contributed by atoms with E-state index in [1.54, 1.807) is 49.4 Å². The summed E-state index contributed by atoms with van der Waals surface area (Å²) in [5, 5.41) is 0.323. The van der Waals surface area contributed by atoms with Gasteiger partial charge in [-0.2, -0.15) is 0 Å². The predicted octanol–water partition coefficient (Wildman–Crippen LogP) is 3.79. The molecule has 0 atom stereocenters. The number of rotatable bonds is 7. The molecular weight excluding hydrogens is 397 g/mol. The summed E-state index contributed by atoms with van der Waals surface area (Å²) in [6, 6.07) is 14.5. The SMILES string of the molecule is CCOC(=O)CN(C(=O)COC(=O)c1cc2c(F)cccc2s1)c1ccccc1. The van der Waals surface area contributed by atoms with Gasteiger partial charge >= 0.3 is 11.9 Å². The fraction of sp³-hybridized carbons (Fsp3) is 0.190. The minimum atomic E-state index is -0.733. The number of anilines is 1. The van der Waals surface area contributed by atoms with Crippen LogP contribution >= 0.6 is 11.3 Å². The maximum absolute atomic E-state index is 13.8. The number of para-hydroxylation sites is 1. The third-order valence-electron chi connectivity index (χ3n) is 4.00. The molecule has 1 aromatic heterocycles. The molecule has 0 bridgehead atoms. The highest BCUT2D eigenvalue weighted by atomic mass is 32.1. The number of amides is 1. The van der Waals surface area contributed by atoms with Crippen molar-refractivity contribution in [3.05, 3.63) is 65.3 Å². The van der Waals surface area contributed by atoms with Gasteiger partial charge in [0.1, 0.15) is 17.2 Å². The minimum Gasteiger partial charge on any atom is -0.465 e. The monoisotopic (exact) mass is 415 g/mol. The number of esters is 2. The van der Waals surface area contributed by atoms with Crippen LogP contribution in [0.2, 0.25) is 0 Å². The molecule has 3 aromatic rings. The topological polar surface area (TPSA) is 72.9 Å². The predicted molar refractivity (Wildman–Crippen MR) is 107 cm³/mol. The summed E-state index contributed by atoms with van der Waals surface area (Å²) in [6.45, 7) is 0.988. The van der Waals surface area contributed by atoms with Crippen LogP contribution in [0.5, 0.6) is 0 Å². The van der Waals surface area contributed by atoms with Gasteiger partial charge in [0.05, 0.1) is 6.61 Å². The number of hydrogen-bond donors (Lipinski definition) is 0. The van der Waals surface area contributed by atoms with Crippen molar-refractivity contribution in [1.82, 2.24) is 0 Å². The molecule has 0 aliphatic carbocycles. The summed E-state index contributed by atoms with van der Waals surface area (Å²) < 4.78 is 24.4. The third kappa shape index (κ3) is 4.97. The van der Waals surface area contributed by atoms with Crippen molar-refractivity contribution in [3.63, 3.8) is 0 Å². The lowest BCUT2D eigenvalue weighted by atomic mass is 10.2. The first-order valence-corrected chi connectivity index (χ1v) is 9.67. The first kappa shape index (κ1) is 20.5. The second-order valence-corrected chi connectivity index (χ2v) is 7.04. The van der Waals surface area contributed by atoms with Crippen molar-refractivity contribution in [2.45, 2.75) is 6.92 Å². The molecule has 0 spiro atoms. The molecule has 0 aliphatic rings. The highest BCUT2D eigenvalue weighted by Crippen LogP contribution is 2.28. The van der Waals surface area contributed by atoms with Gasteiger partial charge in [-0.3, -0.25) is 14.5 Å². The van der Waals surface area contributed by atoms with Crippen molar-refractivity contribution in [3.8, 4) is 0 Å². The van der Waals surface area contributed by atoms with E-state index in [1.807, 2.05) is 0 Å². The van der Waals surface area contributed by atoms with Crippen molar-refractivity contribution >= 4 is 45.0 Å². The van der Waals surface area contributed by atoms with Gasteiger partial charge < -0.3 is 9.47 Å². The number of benzene rings is 2. The van der Waals surface area contributed by atoms with Crippen LogP contribution in [0.25, 0.3) is 10.1 Å². The molecule has 3 rings (SSSR count). The van der Waals surface area contributed by atoms with Gasteiger partial charge in [-0.25, -0.2) is 9.18 Å². The van der Waals surface area contributed by atoms with Crippen LogP contribution in [0.1, 0.15) is 16.6 Å². The Morgan fingerprint density at radius 3 is 2.48 bits per heavy atom. The van der Waals surface area contributed by atoms with E-state index in [-0.39, 0.29) is 18.0 Å². The lowest BCUT2D eigenvalue weighted by Crippen LogP contribution is -2.39. The Kier molecular flexibility index (Phi) is 6.56. The number of halogens is 1. The van der Waals surface area contributed by atoms with E-state index in [0.717, 1.165) is 11.3 Å². The Labute approximate surface area is 170 Å². The number of thiophene rings is 1. The van der Waals surface area contributed by atoms with Gasteiger partial charge in [-0.05, 0) is 37.3 Å². The van der Waals surface area contributed by atoms with Crippen LogP contribution in [-0.4, -0.2) is 37.6 Å². The van der Waals surface area contributed by atoms with Crippen LogP contribution in [0, 0.1) is 5.82 Å². The zero-order chi connectivity index (χ0) is 20.8. The number of nitrogens with zero attached hydrogens (tertiary/aromatic N) is 1. The Bertz CT molecular complexity index is 1030. The molecule has 1 amide bonds. The van der Waals surface area contributed by atoms with Crippen LogP contribution in [0.4, 0.5) is 10.1 Å². The Morgan fingerprint density at radius 2 is 1.79 bits per heavy atom. The summed E-state index contributed by atoms with van der Waals surface area (Å²) >= 11 is 1.08. The first-order valence-electron chi connectivity index (χ1n) is 8.85. The lowest BCUT2D eigenvalue weighted by molar-refractivity contribution is -0.142. The number of ether oxygens (including phenoxy) is 2. The van der Waals surface area contributed by atoms with E-state index in [0.29, 0.717) is 15.8 Å². The van der Waals surface area contributed by atoms with Crippen molar-refractivity contribution in [2.75, 3.05) is 24.7 Å². The van der Waals surface area contributed by atoms with E-state index in [4.69, 9.17) is 9.47 Å². The molecule has 0 unspecified atom stereocenters. The number of carbonyl (C=O) groups excluding carboxylic acids is 3. The molecule has 0 saturated carbocycles. The van der Waals surface area contributed by atoms with E-state index >= 15 is 0 Å². The van der Waals surface area contributed by atoms with Crippen molar-refractivity contribution in [2.24, 2.45) is 0 Å². The number of fused-ring (bicyclic) bond motifs is 1. The van der Waals surface area contributed by atoms with Gasteiger partial charge in [0, 0.05) is 15.8 Å². The van der Waals surface area contributed by atoms with Gasteiger partial charge in [0.25, 0.3) is 5.91 Å². The van der Waals surface area contributed by atoms with E-state index in [9.17, 15) is 18.8 Å². The van der Waals surface area contributed by atoms with E-state index in [1.165, 1.54) is 17.0 Å². The fourth-order valence-corrected chi connectivity index (χ4v) is 3.64. The smallest absolute Gasteiger partial charge is 0.348 e. The molecule has 0 saturated heterocycles. The summed E-state index contributed by atoms with van der Waals surface area (Å²) in [5.41, 5.74) is 0.477. The van der Waals surface area contributed by atoms with Crippen molar-refractivity contribution in [1.29, 1.82) is 0 Å². The number of carbonyl (C=O) groups is 3. The maximum atomic E-state index is 13.8. The number of hydrogen-bond acceptors (Lipinski definition) is 6. The largest absolute Gasteiger partial charge is 0.465 e. The zero-order valence-electron chi connectivity index (χ0n) is 15.6. The zero-order valence-corrected chi connectivity index (χ0v) is 16.4. The molecule has 0 radical (unpaired) electrons. The molecule has 2 aromatic carbocycles. The summed E-state index contributed by atoms with van der Waals surface area (Å²) in [7, 11) is 0. The molecule has 150 valence electrons. The third-order valence-corrected chi connectivity index (χ3v) is 5.08. The summed E-state index contributed by atoms with van der Waals surface area (Å²) in [6.07, 6.45) is 0. The maximum Gasteiger partial charge on any atom is 0.348 e. The molecular formula is C21H18FNO5S. The normalized spacial score (nSPS) is 10.6. The Morgan fingerprint density at radius 1 is 1.03 bits per heavy atom. The van der Waals surface area contributed by atoms with Crippen molar-refractivity contribution < 1.29 is 28.2 Å². The van der Waals surface area contributed by atoms with Gasteiger partial charge in [-0.1, -0.05) is 24.3 Å². The van der Waals surface area contributed by atoms with E-state index < -0.39 is 30.3 Å². The molecule has 0 aliphatic heterocycles. The highest BCUT2D eigenvalue weighted by Gasteiger charge is 2.22. The fourth-order valence-electron chi connectivity index (χ4n) is 2.67. The van der Waals surface area contributed by atoms with Crippen LogP contribution in [0.15, 0.2) is 54.6 Å². The highest BCUT2D eigenvalue weighted by molar-refractivity contribution is 7.20. The average molecular weight is 415 g/mol. The molecule has 8 heteroatoms. The average Bonchev–Trinajstić information content (AvgIpc) is 3.17. The molecule has 29 heavy (non-hydrogen) atoms. The Balaban J connectivity index is 1.70. The second-order valence-electron chi connectivity index (χ2n) is 5.96. The molecule has 1 heterocycles. The lowest BCUT2D eigenvalue weighted by Gasteiger charge is -2.21. The van der Waals surface area contributed by atoms with Gasteiger partial charge in [0.2, 0.25) is 0 Å². The summed E-state index contributed by atoms with van der Waals surface area (Å²) in [4.78, 5) is 38.2. The van der Waals surface area contributed by atoms with Gasteiger partial charge in [-0.15, -0.1) is 11.3 Å². The first-order chi connectivity index (χ1) is 14.0. The van der Waals surface area contributed by atoms with Gasteiger partial charge in [0.15, 0.2) is 6.61 Å². The molecule has 6 nitrogen and oxygen atoms in total. The minimum absolute atomic E-state index is 0.188. The quantitative estimate of drug-likeness (QED) is 0.549. The van der Waals surface area contributed by atoms with Crippen LogP contribution in [-0.2, 0) is 19.1 Å². The molecule has 0 N–H and O–H groups in total. The standard InChI is InChI=1S/C21H18FNO5S/c1-2-27-20(25)12-23(14-7-4-3-5-8-14)19(24)13-28-21(26)18-11-15-16(22)9-6-10-17(15)29-18/h3-11H,2,12-13H2,1H3. The second kappa shape index (κ2) is 9.29. The van der Waals surface area contributed by atoms with Crippen LogP contribution < -0.4 is 4.90 Å².